The molecule has 9 heteroatoms. The van der Waals surface area contributed by atoms with Crippen molar-refractivity contribution >= 4 is 11.8 Å². The maximum Gasteiger partial charge on any atom is 0.324 e. The number of carbonyl (C=O) groups is 1. The first-order chi connectivity index (χ1) is 17.4. The lowest BCUT2D eigenvalue weighted by molar-refractivity contribution is -0.0255. The van der Waals surface area contributed by atoms with Crippen molar-refractivity contribution in [3.8, 4) is 0 Å². The Hall–Kier alpha value is -2.36. The Morgan fingerprint density at radius 2 is 2.03 bits per heavy atom. The fraction of sp³-hybridized carbons (Fsp3) is 0.667. The molecule has 2 aromatic rings. The molecular formula is C27H37FN4O4. The molecule has 0 unspecified atom stereocenters. The van der Waals surface area contributed by atoms with Gasteiger partial charge in [-0.25, -0.2) is 4.39 Å². The molecule has 196 valence electrons. The molecule has 0 radical (unpaired) electrons. The van der Waals surface area contributed by atoms with Crippen LogP contribution in [0.15, 0.2) is 22.7 Å². The highest BCUT2D eigenvalue weighted by atomic mass is 19.1. The molecule has 5 rings (SSSR count). The van der Waals surface area contributed by atoms with Crippen molar-refractivity contribution in [2.45, 2.75) is 51.7 Å². The van der Waals surface area contributed by atoms with E-state index in [1.807, 2.05) is 4.90 Å². The number of piperidine rings is 1. The van der Waals surface area contributed by atoms with Gasteiger partial charge in [-0.3, -0.25) is 9.69 Å². The maximum atomic E-state index is 14.6. The van der Waals surface area contributed by atoms with Crippen LogP contribution < -0.4 is 4.90 Å². The average Bonchev–Trinajstić information content (AvgIpc) is 3.44. The summed E-state index contributed by atoms with van der Waals surface area (Å²) in [5.41, 5.74) is 0.910. The zero-order valence-corrected chi connectivity index (χ0v) is 21.5. The third kappa shape index (κ3) is 5.79. The van der Waals surface area contributed by atoms with E-state index in [1.165, 1.54) is 12.5 Å². The second-order valence-corrected chi connectivity index (χ2v) is 10.9. The highest BCUT2D eigenvalue weighted by Gasteiger charge is 2.44. The van der Waals surface area contributed by atoms with Crippen molar-refractivity contribution < 1.29 is 23.2 Å². The van der Waals surface area contributed by atoms with Crippen molar-refractivity contribution in [1.82, 2.24) is 15.0 Å². The van der Waals surface area contributed by atoms with E-state index in [2.05, 4.69) is 28.9 Å². The molecule has 3 aliphatic rings. The molecule has 0 bridgehead atoms. The molecule has 3 heterocycles. The van der Waals surface area contributed by atoms with E-state index in [1.54, 1.807) is 19.2 Å². The number of aromatic nitrogens is 2. The predicted octanol–water partition coefficient (Wildman–Crippen LogP) is 3.91. The number of likely N-dealkylation sites (tertiary alicyclic amines) is 1. The van der Waals surface area contributed by atoms with Crippen LogP contribution in [-0.2, 0) is 16.1 Å². The van der Waals surface area contributed by atoms with Crippen molar-refractivity contribution in [1.29, 1.82) is 0 Å². The summed E-state index contributed by atoms with van der Waals surface area (Å²) in [4.78, 5) is 21.2. The molecule has 1 aromatic heterocycles. The van der Waals surface area contributed by atoms with Crippen molar-refractivity contribution in [3.63, 3.8) is 0 Å². The maximum absolute atomic E-state index is 14.6. The van der Waals surface area contributed by atoms with Crippen LogP contribution in [0.4, 0.5) is 10.4 Å². The number of anilines is 1. The van der Waals surface area contributed by atoms with E-state index in [-0.39, 0.29) is 30.2 Å². The van der Waals surface area contributed by atoms with Gasteiger partial charge in [-0.15, -0.1) is 0 Å². The molecular weight excluding hydrogens is 463 g/mol. The molecule has 2 saturated heterocycles. The Kier molecular flexibility index (Phi) is 7.69. The number of Topliss-reactive ketones (excluding diaryl/α,β-unsaturated/α-hetero) is 1. The second-order valence-electron chi connectivity index (χ2n) is 10.9. The summed E-state index contributed by atoms with van der Waals surface area (Å²) in [6.07, 6.45) is 3.62. The molecule has 3 fully saturated rings. The molecule has 1 aliphatic carbocycles. The highest BCUT2D eigenvalue weighted by molar-refractivity contribution is 5.97. The lowest BCUT2D eigenvalue weighted by Crippen LogP contribution is -2.53. The number of ether oxygens (including phenoxy) is 2. The van der Waals surface area contributed by atoms with Crippen LogP contribution in [0.25, 0.3) is 0 Å². The van der Waals surface area contributed by atoms with Gasteiger partial charge in [0.25, 0.3) is 0 Å². The van der Waals surface area contributed by atoms with E-state index in [9.17, 15) is 9.18 Å². The molecule has 1 aromatic carbocycles. The highest BCUT2D eigenvalue weighted by Crippen LogP contribution is 2.48. The van der Waals surface area contributed by atoms with Crippen LogP contribution in [-0.4, -0.2) is 73.4 Å². The molecule has 2 atom stereocenters. The van der Waals surface area contributed by atoms with Crippen molar-refractivity contribution in [3.05, 3.63) is 41.0 Å². The molecule has 0 amide bonds. The lowest BCUT2D eigenvalue weighted by atomic mass is 9.91. The van der Waals surface area contributed by atoms with Gasteiger partial charge >= 0.3 is 6.01 Å². The molecule has 0 N–H and O–H groups in total. The third-order valence-electron chi connectivity index (χ3n) is 7.93. The van der Waals surface area contributed by atoms with Crippen molar-refractivity contribution in [2.75, 3.05) is 51.3 Å². The van der Waals surface area contributed by atoms with Crippen LogP contribution in [0.2, 0.25) is 0 Å². The molecule has 8 nitrogen and oxygen atoms in total. The summed E-state index contributed by atoms with van der Waals surface area (Å²) in [5, 5.41) is 4.08. The largest absolute Gasteiger partial charge is 0.379 e. The smallest absolute Gasteiger partial charge is 0.324 e. The van der Waals surface area contributed by atoms with E-state index in [0.29, 0.717) is 48.0 Å². The summed E-state index contributed by atoms with van der Waals surface area (Å²) in [6.45, 7) is 8.68. The summed E-state index contributed by atoms with van der Waals surface area (Å²) >= 11 is 0. The first-order valence-corrected chi connectivity index (χ1v) is 13.1. The number of halogens is 1. The van der Waals surface area contributed by atoms with E-state index >= 15 is 0 Å². The minimum absolute atomic E-state index is 0.0674. The Labute approximate surface area is 212 Å². The summed E-state index contributed by atoms with van der Waals surface area (Å²) in [6, 6.07) is 5.37. The summed E-state index contributed by atoms with van der Waals surface area (Å²) in [5.74, 6) is 2.51. The average molecular weight is 501 g/mol. The Morgan fingerprint density at radius 3 is 2.69 bits per heavy atom. The minimum Gasteiger partial charge on any atom is -0.379 e. The van der Waals surface area contributed by atoms with Crippen LogP contribution in [0.1, 0.15) is 60.8 Å². The third-order valence-corrected chi connectivity index (χ3v) is 7.93. The van der Waals surface area contributed by atoms with Gasteiger partial charge in [-0.2, -0.15) is 4.98 Å². The Morgan fingerprint density at radius 1 is 1.25 bits per heavy atom. The molecule has 2 aliphatic heterocycles. The number of hydrogen-bond acceptors (Lipinski definition) is 8. The fourth-order valence-electron chi connectivity index (χ4n) is 5.40. The molecule has 1 saturated carbocycles. The van der Waals surface area contributed by atoms with Crippen molar-refractivity contribution in [2.24, 2.45) is 17.8 Å². The van der Waals surface area contributed by atoms with Gasteiger partial charge in [0.15, 0.2) is 11.6 Å². The topological polar surface area (TPSA) is 80.9 Å². The zero-order chi connectivity index (χ0) is 25.2. The van der Waals surface area contributed by atoms with Crippen LogP contribution in [0.5, 0.6) is 0 Å². The van der Waals surface area contributed by atoms with Crippen LogP contribution >= 0.6 is 0 Å². The quantitative estimate of drug-likeness (QED) is 0.430. The monoisotopic (exact) mass is 500 g/mol. The number of nitrogens with zero attached hydrogens (tertiary/aromatic N) is 4. The van der Waals surface area contributed by atoms with Gasteiger partial charge in [0.05, 0.1) is 25.9 Å². The van der Waals surface area contributed by atoms with Crippen LogP contribution in [0.3, 0.4) is 0 Å². The van der Waals surface area contributed by atoms with E-state index in [4.69, 9.17) is 14.0 Å². The Bertz CT molecular complexity index is 1050. The number of ketones is 1. The number of carbonyl (C=O) groups excluding carboxylic acids is 1. The normalized spacial score (nSPS) is 23.3. The minimum atomic E-state index is -0.374. The number of hydrogen-bond donors (Lipinski definition) is 0. The van der Waals surface area contributed by atoms with Gasteiger partial charge in [0.2, 0.25) is 0 Å². The van der Waals surface area contributed by atoms with Gasteiger partial charge in [-0.05, 0) is 43.1 Å². The number of methoxy groups -OCH3 is 1. The van der Waals surface area contributed by atoms with Crippen LogP contribution in [0, 0.1) is 23.6 Å². The predicted molar refractivity (Wildman–Crippen MR) is 133 cm³/mol. The summed E-state index contributed by atoms with van der Waals surface area (Å²) < 4.78 is 31.2. The summed E-state index contributed by atoms with van der Waals surface area (Å²) in [7, 11) is 1.67. The first-order valence-electron chi connectivity index (χ1n) is 13.1. The lowest BCUT2D eigenvalue weighted by Gasteiger charge is -2.37. The van der Waals surface area contributed by atoms with Gasteiger partial charge in [0, 0.05) is 50.3 Å². The molecule has 0 spiro atoms. The van der Waals surface area contributed by atoms with Gasteiger partial charge < -0.3 is 18.9 Å². The first kappa shape index (κ1) is 25.3. The standard InChI is InChI=1S/C27H37FN4O4/c1-17(2)26-29-27(36-30-26)32-8-6-18(7-9-32)23-10-21(23)16-35-15-20-5-4-19(11-24(20)28)25(33)14-31-12-22(13-31)34-3/h4-5,11,17-18,21-23H,6-10,12-16H2,1-3H3/t21-,23+/m0/s1. The van der Waals surface area contributed by atoms with E-state index in [0.717, 1.165) is 44.8 Å². The van der Waals surface area contributed by atoms with Gasteiger partial charge in [-0.1, -0.05) is 31.1 Å². The SMILES string of the molecule is COC1CN(CC(=O)c2ccc(COC[C@@H]3C[C@@H]3C3CCN(c4nc(C(C)C)no4)CC3)c(F)c2)C1. The molecule has 36 heavy (non-hydrogen) atoms. The Balaban J connectivity index is 1.01. The zero-order valence-electron chi connectivity index (χ0n) is 21.5. The van der Waals surface area contributed by atoms with Gasteiger partial charge in [0.1, 0.15) is 5.82 Å². The fourth-order valence-corrected chi connectivity index (χ4v) is 5.40. The number of benzene rings is 1. The number of rotatable bonds is 11. The van der Waals surface area contributed by atoms with E-state index < -0.39 is 0 Å². The second kappa shape index (κ2) is 10.9.